The summed E-state index contributed by atoms with van der Waals surface area (Å²) in [5.41, 5.74) is 1.13. The minimum atomic E-state index is -0.601. The van der Waals surface area contributed by atoms with Gasteiger partial charge in [-0.3, -0.25) is 14.4 Å². The quantitative estimate of drug-likeness (QED) is 0.620. The van der Waals surface area contributed by atoms with E-state index in [1.165, 1.54) is 0 Å². The molecule has 7 nitrogen and oxygen atoms in total. The van der Waals surface area contributed by atoms with Gasteiger partial charge in [-0.05, 0) is 74.1 Å². The predicted molar refractivity (Wildman–Crippen MR) is 133 cm³/mol. The molecule has 2 heterocycles. The predicted octanol–water partition coefficient (Wildman–Crippen LogP) is 3.73. The van der Waals surface area contributed by atoms with E-state index in [1.807, 2.05) is 34.1 Å². The number of carbonyl (C=O) groups is 3. The van der Waals surface area contributed by atoms with Gasteiger partial charge in [0.15, 0.2) is 0 Å². The molecule has 2 aromatic carbocycles. The van der Waals surface area contributed by atoms with Crippen LogP contribution >= 0.6 is 15.9 Å². The van der Waals surface area contributed by atoms with Gasteiger partial charge in [0.25, 0.3) is 11.8 Å². The van der Waals surface area contributed by atoms with Crippen molar-refractivity contribution in [1.29, 1.82) is 0 Å². The first-order chi connectivity index (χ1) is 16.5. The molecule has 0 radical (unpaired) electrons. The van der Waals surface area contributed by atoms with Crippen LogP contribution in [0.15, 0.2) is 53.0 Å². The van der Waals surface area contributed by atoms with Crippen molar-refractivity contribution in [3.63, 3.8) is 0 Å². The lowest BCUT2D eigenvalue weighted by atomic mass is 9.88. The Bertz CT molecular complexity index is 1030. The molecule has 4 rings (SSSR count). The third-order valence-electron chi connectivity index (χ3n) is 6.69. The fourth-order valence-electron chi connectivity index (χ4n) is 4.72. The molecule has 180 valence electrons. The Hall–Kier alpha value is -2.87. The molecule has 2 aliphatic heterocycles. The number of halogens is 1. The fraction of sp³-hybridized carbons (Fsp3) is 0.423. The molecule has 2 aliphatic rings. The van der Waals surface area contributed by atoms with Crippen molar-refractivity contribution in [3.8, 4) is 5.75 Å². The standard InChI is InChI=1S/C26H30BrN3O4/c1-34-22-9-7-19(8-10-22)24(31)28-23(26(33)29-13-2-3-14-29)18-11-15-30(16-12-18)25(32)20-5-4-6-21(27)17-20/h4-10,17-18,23H,2-3,11-16H2,1H3,(H,28,31)/t23-/m0/s1. The van der Waals surface area contributed by atoms with Gasteiger partial charge in [0.05, 0.1) is 7.11 Å². The lowest BCUT2D eigenvalue weighted by Gasteiger charge is -2.37. The highest BCUT2D eigenvalue weighted by atomic mass is 79.9. The molecular formula is C26H30BrN3O4. The minimum Gasteiger partial charge on any atom is -0.497 e. The molecule has 8 heteroatoms. The number of hydrogen-bond acceptors (Lipinski definition) is 4. The van der Waals surface area contributed by atoms with Gasteiger partial charge in [-0.2, -0.15) is 0 Å². The molecule has 1 N–H and O–H groups in total. The molecule has 1 atom stereocenters. The number of methoxy groups -OCH3 is 1. The highest BCUT2D eigenvalue weighted by molar-refractivity contribution is 9.10. The molecule has 0 bridgehead atoms. The number of benzene rings is 2. The Morgan fingerprint density at radius 2 is 1.62 bits per heavy atom. The van der Waals surface area contributed by atoms with Crippen LogP contribution in [0.1, 0.15) is 46.4 Å². The highest BCUT2D eigenvalue weighted by Crippen LogP contribution is 2.25. The second kappa shape index (κ2) is 11.0. The van der Waals surface area contributed by atoms with Crippen LogP contribution in [0.3, 0.4) is 0 Å². The van der Waals surface area contributed by atoms with Crippen molar-refractivity contribution in [2.24, 2.45) is 5.92 Å². The molecular weight excluding hydrogens is 498 g/mol. The molecule has 0 aromatic heterocycles. The summed E-state index contributed by atoms with van der Waals surface area (Å²) in [5.74, 6) is 0.346. The zero-order valence-electron chi connectivity index (χ0n) is 19.3. The largest absolute Gasteiger partial charge is 0.497 e. The Morgan fingerprint density at radius 1 is 0.941 bits per heavy atom. The third kappa shape index (κ3) is 5.60. The van der Waals surface area contributed by atoms with Crippen molar-refractivity contribution in [2.45, 2.75) is 31.7 Å². The van der Waals surface area contributed by atoms with Gasteiger partial charge >= 0.3 is 0 Å². The molecule has 34 heavy (non-hydrogen) atoms. The first kappa shape index (κ1) is 24.3. The molecule has 0 saturated carbocycles. The van der Waals surface area contributed by atoms with E-state index in [0.29, 0.717) is 42.8 Å². The molecule has 0 unspecified atom stereocenters. The molecule has 0 aliphatic carbocycles. The molecule has 3 amide bonds. The Kier molecular flexibility index (Phi) is 7.88. The molecule has 2 fully saturated rings. The summed E-state index contributed by atoms with van der Waals surface area (Å²) in [6.07, 6.45) is 3.30. The van der Waals surface area contributed by atoms with Crippen LogP contribution in [0.25, 0.3) is 0 Å². The number of rotatable bonds is 6. The Labute approximate surface area is 208 Å². The van der Waals surface area contributed by atoms with E-state index in [-0.39, 0.29) is 23.6 Å². The summed E-state index contributed by atoms with van der Waals surface area (Å²) in [4.78, 5) is 43.0. The monoisotopic (exact) mass is 527 g/mol. The van der Waals surface area contributed by atoms with Crippen molar-refractivity contribution in [2.75, 3.05) is 33.3 Å². The SMILES string of the molecule is COc1ccc(C(=O)N[C@H](C(=O)N2CCCC2)C2CCN(C(=O)c3cccc(Br)c3)CC2)cc1. The van der Waals surface area contributed by atoms with E-state index >= 15 is 0 Å². The van der Waals surface area contributed by atoms with Gasteiger partial charge in [-0.25, -0.2) is 0 Å². The van der Waals surface area contributed by atoms with Crippen LogP contribution in [0, 0.1) is 5.92 Å². The molecule has 0 spiro atoms. The van der Waals surface area contributed by atoms with Crippen molar-refractivity contribution < 1.29 is 19.1 Å². The van der Waals surface area contributed by atoms with E-state index < -0.39 is 6.04 Å². The number of amides is 3. The first-order valence-corrected chi connectivity index (χ1v) is 12.5. The summed E-state index contributed by atoms with van der Waals surface area (Å²) >= 11 is 3.42. The van der Waals surface area contributed by atoms with Crippen LogP contribution in [0.5, 0.6) is 5.75 Å². The number of piperidine rings is 1. The number of likely N-dealkylation sites (tertiary alicyclic amines) is 2. The van der Waals surface area contributed by atoms with Gasteiger partial charge in [0.1, 0.15) is 11.8 Å². The maximum atomic E-state index is 13.4. The van der Waals surface area contributed by atoms with Crippen LogP contribution in [-0.4, -0.2) is 66.9 Å². The summed E-state index contributed by atoms with van der Waals surface area (Å²) in [6.45, 7) is 2.57. The van der Waals surface area contributed by atoms with Crippen LogP contribution in [0.2, 0.25) is 0 Å². The Balaban J connectivity index is 1.45. The minimum absolute atomic E-state index is 0.00978. The van der Waals surface area contributed by atoms with Gasteiger partial charge in [0, 0.05) is 41.8 Å². The zero-order valence-corrected chi connectivity index (χ0v) is 20.9. The fourth-order valence-corrected chi connectivity index (χ4v) is 5.12. The number of nitrogens with zero attached hydrogens (tertiary/aromatic N) is 2. The summed E-state index contributed by atoms with van der Waals surface area (Å²) in [6, 6.07) is 13.6. The van der Waals surface area contributed by atoms with E-state index in [2.05, 4.69) is 21.2 Å². The zero-order chi connectivity index (χ0) is 24.1. The average Bonchev–Trinajstić information content (AvgIpc) is 3.42. The third-order valence-corrected chi connectivity index (χ3v) is 7.19. The van der Waals surface area contributed by atoms with Crippen molar-refractivity contribution >= 4 is 33.7 Å². The number of carbonyl (C=O) groups excluding carboxylic acids is 3. The average molecular weight is 528 g/mol. The van der Waals surface area contributed by atoms with Crippen LogP contribution in [0.4, 0.5) is 0 Å². The van der Waals surface area contributed by atoms with Gasteiger partial charge in [-0.1, -0.05) is 22.0 Å². The van der Waals surface area contributed by atoms with Crippen LogP contribution in [-0.2, 0) is 4.79 Å². The van der Waals surface area contributed by atoms with Crippen molar-refractivity contribution in [3.05, 3.63) is 64.1 Å². The lowest BCUT2D eigenvalue weighted by Crippen LogP contribution is -2.54. The van der Waals surface area contributed by atoms with Crippen LogP contribution < -0.4 is 10.1 Å². The molecule has 2 aromatic rings. The maximum absolute atomic E-state index is 13.4. The second-order valence-electron chi connectivity index (χ2n) is 8.85. The van der Waals surface area contributed by atoms with Crippen molar-refractivity contribution in [1.82, 2.24) is 15.1 Å². The second-order valence-corrected chi connectivity index (χ2v) is 9.77. The summed E-state index contributed by atoms with van der Waals surface area (Å²) in [5, 5.41) is 3.02. The normalized spacial score (nSPS) is 17.4. The molecule has 2 saturated heterocycles. The number of hydrogen-bond donors (Lipinski definition) is 1. The van der Waals surface area contributed by atoms with E-state index in [0.717, 1.165) is 30.4 Å². The summed E-state index contributed by atoms with van der Waals surface area (Å²) in [7, 11) is 1.58. The highest BCUT2D eigenvalue weighted by Gasteiger charge is 2.37. The smallest absolute Gasteiger partial charge is 0.253 e. The first-order valence-electron chi connectivity index (χ1n) is 11.7. The van der Waals surface area contributed by atoms with E-state index in [9.17, 15) is 14.4 Å². The topological polar surface area (TPSA) is 79.0 Å². The number of nitrogens with one attached hydrogen (secondary N) is 1. The van der Waals surface area contributed by atoms with E-state index in [1.54, 1.807) is 31.4 Å². The Morgan fingerprint density at radius 3 is 2.24 bits per heavy atom. The summed E-state index contributed by atoms with van der Waals surface area (Å²) < 4.78 is 6.04. The lowest BCUT2D eigenvalue weighted by molar-refractivity contribution is -0.134. The number of ether oxygens (including phenoxy) is 1. The van der Waals surface area contributed by atoms with Gasteiger partial charge in [-0.15, -0.1) is 0 Å². The van der Waals surface area contributed by atoms with Gasteiger partial charge in [0.2, 0.25) is 5.91 Å². The van der Waals surface area contributed by atoms with E-state index in [4.69, 9.17) is 4.74 Å². The van der Waals surface area contributed by atoms with Gasteiger partial charge < -0.3 is 19.9 Å². The maximum Gasteiger partial charge on any atom is 0.253 e.